The fraction of sp³-hybridized carbons (Fsp3) is 0.321. The zero-order valence-electron chi connectivity index (χ0n) is 21.1. The summed E-state index contributed by atoms with van der Waals surface area (Å²) in [6.07, 6.45) is -0.630. The van der Waals surface area contributed by atoms with Gasteiger partial charge in [0.25, 0.3) is 10.1 Å². The molecule has 2 unspecified atom stereocenters. The van der Waals surface area contributed by atoms with Gasteiger partial charge in [0.05, 0.1) is 11.0 Å². The Morgan fingerprint density at radius 3 is 2.53 bits per heavy atom. The summed E-state index contributed by atoms with van der Waals surface area (Å²) < 4.78 is 39.7. The number of amides is 1. The van der Waals surface area contributed by atoms with Crippen molar-refractivity contribution in [3.63, 3.8) is 0 Å². The molecule has 0 spiro atoms. The van der Waals surface area contributed by atoms with Crippen molar-refractivity contribution in [2.75, 3.05) is 13.1 Å². The number of halogens is 1. The van der Waals surface area contributed by atoms with E-state index in [0.29, 0.717) is 40.4 Å². The van der Waals surface area contributed by atoms with Crippen molar-refractivity contribution in [2.24, 2.45) is 5.73 Å². The van der Waals surface area contributed by atoms with E-state index in [2.05, 4.69) is 5.32 Å². The molecule has 4 rings (SSSR count). The second-order valence-corrected chi connectivity index (χ2v) is 11.6. The van der Waals surface area contributed by atoms with Crippen LogP contribution in [0, 0.1) is 0 Å². The fourth-order valence-electron chi connectivity index (χ4n) is 5.06. The molecular formula is C28H31ClN2O6S. The van der Waals surface area contributed by atoms with E-state index in [1.54, 1.807) is 36.4 Å². The maximum Gasteiger partial charge on any atom is 0.294 e. The predicted octanol–water partition coefficient (Wildman–Crippen LogP) is 4.42. The second-order valence-electron chi connectivity index (χ2n) is 9.76. The van der Waals surface area contributed by atoms with Crippen molar-refractivity contribution in [3.05, 3.63) is 93.5 Å². The molecule has 0 aliphatic carbocycles. The molecule has 3 aromatic carbocycles. The highest BCUT2D eigenvalue weighted by Crippen LogP contribution is 2.44. The number of benzene rings is 3. The highest BCUT2D eigenvalue weighted by Gasteiger charge is 2.33. The van der Waals surface area contributed by atoms with Crippen LogP contribution in [0.2, 0.25) is 5.02 Å². The van der Waals surface area contributed by atoms with Crippen molar-refractivity contribution in [2.45, 2.75) is 49.2 Å². The Labute approximate surface area is 227 Å². The lowest BCUT2D eigenvalue weighted by Gasteiger charge is -2.35. The van der Waals surface area contributed by atoms with Gasteiger partial charge >= 0.3 is 0 Å². The molecule has 1 amide bonds. The van der Waals surface area contributed by atoms with Crippen molar-refractivity contribution in [1.82, 2.24) is 5.32 Å². The lowest BCUT2D eigenvalue weighted by Crippen LogP contribution is -2.37. The predicted molar refractivity (Wildman–Crippen MR) is 145 cm³/mol. The second kappa shape index (κ2) is 11.4. The molecule has 3 aromatic rings. The number of ether oxygens (including phenoxy) is 1. The fourth-order valence-corrected chi connectivity index (χ4v) is 5.78. The molecular weight excluding hydrogens is 528 g/mol. The maximum absolute atomic E-state index is 12.2. The van der Waals surface area contributed by atoms with Crippen LogP contribution in [0.4, 0.5) is 0 Å². The molecule has 1 aliphatic heterocycles. The number of hydrogen-bond donors (Lipinski definition) is 4. The Morgan fingerprint density at radius 1 is 1.13 bits per heavy atom. The van der Waals surface area contributed by atoms with E-state index < -0.39 is 22.1 Å². The van der Waals surface area contributed by atoms with Gasteiger partial charge < -0.3 is 20.9 Å². The van der Waals surface area contributed by atoms with Gasteiger partial charge in [0.15, 0.2) is 0 Å². The van der Waals surface area contributed by atoms with Crippen LogP contribution in [0.15, 0.2) is 65.6 Å². The van der Waals surface area contributed by atoms with E-state index >= 15 is 0 Å². The highest BCUT2D eigenvalue weighted by atomic mass is 35.5. The van der Waals surface area contributed by atoms with E-state index in [4.69, 9.17) is 22.1 Å². The van der Waals surface area contributed by atoms with Crippen molar-refractivity contribution >= 4 is 27.6 Å². The monoisotopic (exact) mass is 558 g/mol. The third-order valence-corrected chi connectivity index (χ3v) is 7.83. The minimum Gasteiger partial charge on any atom is -0.489 e. The number of hydrogen-bond acceptors (Lipinski definition) is 6. The summed E-state index contributed by atoms with van der Waals surface area (Å²) in [6, 6.07) is 16.6. The number of fused-ring (bicyclic) bond motifs is 1. The molecule has 0 radical (unpaired) electrons. The van der Waals surface area contributed by atoms with Gasteiger partial charge in [0.1, 0.15) is 11.9 Å². The van der Waals surface area contributed by atoms with Crippen LogP contribution in [0.25, 0.3) is 0 Å². The molecule has 0 bridgehead atoms. The van der Waals surface area contributed by atoms with Crippen molar-refractivity contribution in [3.8, 4) is 5.75 Å². The van der Waals surface area contributed by atoms with Gasteiger partial charge in [-0.1, -0.05) is 49.7 Å². The van der Waals surface area contributed by atoms with E-state index in [1.807, 2.05) is 19.9 Å². The summed E-state index contributed by atoms with van der Waals surface area (Å²) in [5.41, 5.74) is 9.03. The molecule has 0 aromatic heterocycles. The lowest BCUT2D eigenvalue weighted by molar-refractivity contribution is 0.0999. The summed E-state index contributed by atoms with van der Waals surface area (Å²) in [5.74, 6) is -0.422. The summed E-state index contributed by atoms with van der Waals surface area (Å²) in [6.45, 7) is 4.61. The molecule has 3 atom stereocenters. The van der Waals surface area contributed by atoms with E-state index in [9.17, 15) is 22.9 Å². The smallest absolute Gasteiger partial charge is 0.294 e. The van der Waals surface area contributed by atoms with Crippen molar-refractivity contribution < 1.29 is 27.6 Å². The number of nitrogens with two attached hydrogens (primary N) is 1. The zero-order valence-corrected chi connectivity index (χ0v) is 22.7. The molecule has 5 N–H and O–H groups in total. The van der Waals surface area contributed by atoms with Gasteiger partial charge in [-0.2, -0.15) is 8.42 Å². The number of carbonyl (C=O) groups excluding carboxylic acids is 1. The first-order chi connectivity index (χ1) is 18.0. The average Bonchev–Trinajstić information content (AvgIpc) is 2.86. The van der Waals surface area contributed by atoms with E-state index in [1.165, 1.54) is 18.2 Å². The average molecular weight is 559 g/mol. The van der Waals surface area contributed by atoms with Gasteiger partial charge in [-0.05, 0) is 65.4 Å². The zero-order chi connectivity index (χ0) is 27.6. The Balaban J connectivity index is 1.66. The van der Waals surface area contributed by atoms with Crippen LogP contribution in [0.5, 0.6) is 5.75 Å². The van der Waals surface area contributed by atoms with Crippen LogP contribution in [-0.2, 0) is 10.1 Å². The molecule has 10 heteroatoms. The minimum atomic E-state index is -4.44. The van der Waals surface area contributed by atoms with Gasteiger partial charge in [-0.25, -0.2) is 0 Å². The Hall–Kier alpha value is -2.95. The van der Waals surface area contributed by atoms with Crippen LogP contribution >= 0.6 is 11.6 Å². The Morgan fingerprint density at radius 2 is 1.87 bits per heavy atom. The summed E-state index contributed by atoms with van der Waals surface area (Å²) in [7, 11) is -4.44. The molecule has 0 saturated heterocycles. The normalized spacial score (nSPS) is 18.1. The standard InChI is InChI=1S/C28H31ClN2O6S/c1-16(2)27-21(7-4-8-22(27)28(30)33)23-12-19(14-31-15-25(32)17-5-3-6-18(29)11-17)37-26-10-9-20(13-24(23)26)38(34,35)36/h3-11,13,16,19,23,25,31-32H,12,14-15H2,1-2H3,(H2,30,33)(H,34,35,36)/t19?,23?,25-/m0/s1. The summed E-state index contributed by atoms with van der Waals surface area (Å²) in [4.78, 5) is 12.0. The molecule has 1 heterocycles. The third kappa shape index (κ3) is 6.19. The SMILES string of the molecule is CC(C)c1c(C(N)=O)cccc1C1CC(CNC[C@H](O)c2cccc(Cl)c2)Oc2ccc(S(=O)(=O)O)cc21. The van der Waals surface area contributed by atoms with Gasteiger partial charge in [-0.3, -0.25) is 9.35 Å². The van der Waals surface area contributed by atoms with Gasteiger partial charge in [0.2, 0.25) is 5.91 Å². The summed E-state index contributed by atoms with van der Waals surface area (Å²) >= 11 is 6.04. The molecule has 0 saturated carbocycles. The summed E-state index contributed by atoms with van der Waals surface area (Å²) in [5, 5.41) is 14.4. The Bertz CT molecular complexity index is 1440. The van der Waals surface area contributed by atoms with Crippen LogP contribution in [0.1, 0.15) is 70.8 Å². The number of primary amides is 1. The van der Waals surface area contributed by atoms with Gasteiger partial charge in [-0.15, -0.1) is 0 Å². The molecule has 8 nitrogen and oxygen atoms in total. The van der Waals surface area contributed by atoms with E-state index in [0.717, 1.165) is 11.1 Å². The largest absolute Gasteiger partial charge is 0.489 e. The third-order valence-electron chi connectivity index (χ3n) is 6.75. The molecule has 1 aliphatic rings. The first-order valence-electron chi connectivity index (χ1n) is 12.3. The van der Waals surface area contributed by atoms with Crippen LogP contribution in [0.3, 0.4) is 0 Å². The van der Waals surface area contributed by atoms with Crippen molar-refractivity contribution in [1.29, 1.82) is 0 Å². The first-order valence-corrected chi connectivity index (χ1v) is 14.1. The van der Waals surface area contributed by atoms with Crippen LogP contribution < -0.4 is 15.8 Å². The highest BCUT2D eigenvalue weighted by molar-refractivity contribution is 7.85. The minimum absolute atomic E-state index is 0.0332. The quantitative estimate of drug-likeness (QED) is 0.285. The number of carbonyl (C=O) groups is 1. The molecule has 0 fully saturated rings. The number of nitrogens with one attached hydrogen (secondary N) is 1. The molecule has 38 heavy (non-hydrogen) atoms. The van der Waals surface area contributed by atoms with Crippen LogP contribution in [-0.4, -0.2) is 43.2 Å². The van der Waals surface area contributed by atoms with E-state index in [-0.39, 0.29) is 29.4 Å². The number of rotatable bonds is 9. The maximum atomic E-state index is 12.2. The topological polar surface area (TPSA) is 139 Å². The lowest BCUT2D eigenvalue weighted by atomic mass is 9.78. The molecule has 202 valence electrons. The Kier molecular flexibility index (Phi) is 8.44. The van der Waals surface area contributed by atoms with Gasteiger partial charge in [0, 0.05) is 35.2 Å². The first kappa shape index (κ1) is 28.1. The number of aliphatic hydroxyl groups excluding tert-OH is 1. The number of aliphatic hydroxyl groups is 1.